The third-order valence-corrected chi connectivity index (χ3v) is 13.2. The van der Waals surface area contributed by atoms with Crippen LogP contribution in [-0.4, -0.2) is 29.1 Å². The smallest absolute Gasteiger partial charge is 0.235 e. The fourth-order valence-corrected chi connectivity index (χ4v) is 9.35. The van der Waals surface area contributed by atoms with Gasteiger partial charge in [-0.25, -0.2) is 19.9 Å². The van der Waals surface area contributed by atoms with Crippen LogP contribution in [0.4, 0.5) is 0 Å². The summed E-state index contributed by atoms with van der Waals surface area (Å²) in [5.74, 6) is 1.02. The summed E-state index contributed by atoms with van der Waals surface area (Å²) in [6, 6.07) is 31.2. The van der Waals surface area contributed by atoms with Crippen molar-refractivity contribution in [3.05, 3.63) is 119 Å². The van der Waals surface area contributed by atoms with Crippen LogP contribution in [0.15, 0.2) is 100 Å². The van der Waals surface area contributed by atoms with Gasteiger partial charge in [0.15, 0.2) is 22.3 Å². The van der Waals surface area contributed by atoms with E-state index in [0.717, 1.165) is 43.6 Å². The Kier molecular flexibility index (Phi) is 8.09. The number of aromatic nitrogens is 6. The zero-order chi connectivity index (χ0) is 45.0. The Labute approximate surface area is 371 Å². The van der Waals surface area contributed by atoms with Crippen LogP contribution >= 0.6 is 0 Å². The second kappa shape index (κ2) is 13.0. The van der Waals surface area contributed by atoms with Crippen molar-refractivity contribution in [2.24, 2.45) is 0 Å². The molecule has 0 amide bonds. The molecule has 0 atom stereocenters. The van der Waals surface area contributed by atoms with Crippen molar-refractivity contribution < 1.29 is 8.83 Å². The number of benzene rings is 5. The first-order chi connectivity index (χ1) is 30.2. The molecule has 0 saturated carbocycles. The quantitative estimate of drug-likeness (QED) is 0.170. The van der Waals surface area contributed by atoms with Gasteiger partial charge in [-0.15, -0.1) is 0 Å². The van der Waals surface area contributed by atoms with Crippen molar-refractivity contribution in [2.75, 3.05) is 0 Å². The summed E-state index contributed by atoms with van der Waals surface area (Å²) in [5.41, 5.74) is 12.2. The van der Waals surface area contributed by atoms with Crippen LogP contribution in [0.3, 0.4) is 0 Å². The molecule has 0 aliphatic heterocycles. The summed E-state index contributed by atoms with van der Waals surface area (Å²) < 4.78 is 17.1. The van der Waals surface area contributed by atoms with E-state index in [9.17, 15) is 5.26 Å². The minimum absolute atomic E-state index is 0.0299. The third-order valence-electron chi connectivity index (χ3n) is 13.2. The van der Waals surface area contributed by atoms with Crippen molar-refractivity contribution in [3.63, 3.8) is 0 Å². The summed E-state index contributed by atoms with van der Waals surface area (Å²) >= 11 is 0. The Morgan fingerprint density at radius 1 is 0.438 bits per heavy atom. The molecule has 0 radical (unpaired) electrons. The molecular weight excluding hydrogens is 791 g/mol. The van der Waals surface area contributed by atoms with Gasteiger partial charge in [-0.2, -0.15) is 5.26 Å². The number of hydrogen-bond acceptors (Lipinski definition) is 7. The molecule has 5 aromatic carbocycles. The minimum atomic E-state index is -0.0299. The Balaban J connectivity index is 1.14. The molecule has 0 fully saturated rings. The zero-order valence-corrected chi connectivity index (χ0v) is 38.6. The fraction of sp³-hybridized carbons (Fsp3) is 0.291. The lowest BCUT2D eigenvalue weighted by atomic mass is 9.85. The maximum Gasteiger partial charge on any atom is 0.235 e. The normalized spacial score (nSPS) is 13.3. The average Bonchev–Trinajstić information content (AvgIpc) is 3.97. The van der Waals surface area contributed by atoms with Crippen LogP contribution in [0.1, 0.15) is 111 Å². The van der Waals surface area contributed by atoms with Gasteiger partial charge in [-0.1, -0.05) is 107 Å². The van der Waals surface area contributed by atoms with E-state index in [1.807, 2.05) is 6.07 Å². The number of nitrogens with zero attached hydrogens (tertiary/aromatic N) is 7. The van der Waals surface area contributed by atoms with E-state index >= 15 is 0 Å². The largest absolute Gasteiger partial charge is 0.451 e. The van der Waals surface area contributed by atoms with E-state index in [1.165, 1.54) is 22.3 Å². The van der Waals surface area contributed by atoms with Crippen LogP contribution in [0.25, 0.3) is 99.6 Å². The van der Waals surface area contributed by atoms with Crippen molar-refractivity contribution >= 4 is 87.7 Å². The standard InChI is InChI=1S/C55H51N7O2/c1-52(2,3)29-13-17-40-33(21-29)34-22-30(53(4,5)6)14-18-41(34)61(40)50-57-27-44-46(59-50)37-25-38-47-45(64-49(38)39(26-56)48(37)63-44)28-58-51(60-47)62-42-19-15-31(54(7,8)9)23-35(42)36-24-32(55(10,11)12)16-20-43(36)62/h13-25,27-28H,1-12H3. The van der Waals surface area contributed by atoms with Gasteiger partial charge in [0.2, 0.25) is 11.9 Å². The highest BCUT2D eigenvalue weighted by Crippen LogP contribution is 2.42. The predicted molar refractivity (Wildman–Crippen MR) is 260 cm³/mol. The number of rotatable bonds is 2. The predicted octanol–water partition coefficient (Wildman–Crippen LogP) is 14.3. The molecule has 0 spiro atoms. The van der Waals surface area contributed by atoms with Gasteiger partial charge in [0.25, 0.3) is 0 Å². The molecule has 9 nitrogen and oxygen atoms in total. The van der Waals surface area contributed by atoms with E-state index in [-0.39, 0.29) is 27.2 Å². The average molecular weight is 842 g/mol. The Hall–Kier alpha value is -7.05. The molecule has 0 unspecified atom stereocenters. The molecule has 0 bridgehead atoms. The van der Waals surface area contributed by atoms with Gasteiger partial charge in [0.1, 0.15) is 22.7 Å². The summed E-state index contributed by atoms with van der Waals surface area (Å²) in [5, 5.41) is 16.7. The van der Waals surface area contributed by atoms with Crippen LogP contribution in [0.5, 0.6) is 0 Å². The SMILES string of the molecule is CC(C)(C)c1ccc2c(c1)c1cc(C(C)(C)C)ccc1n2-c1ncc2oc3c(C#N)c4oc5cnc(-n6c7ccc(C(C)(C)C)cc7c7cc(C(C)(C)C)ccc76)nc5c4cc3c2n1. The summed E-state index contributed by atoms with van der Waals surface area (Å²) in [4.78, 5) is 20.3. The lowest BCUT2D eigenvalue weighted by Gasteiger charge is -2.19. The van der Waals surface area contributed by atoms with Crippen molar-refractivity contribution in [2.45, 2.75) is 105 Å². The second-order valence-electron chi connectivity index (χ2n) is 21.7. The lowest BCUT2D eigenvalue weighted by molar-refractivity contribution is 0.590. The van der Waals surface area contributed by atoms with Gasteiger partial charge in [0, 0.05) is 32.3 Å². The van der Waals surface area contributed by atoms with Crippen molar-refractivity contribution in [3.8, 4) is 18.0 Å². The number of fused-ring (bicyclic) bond motifs is 12. The topological polar surface area (TPSA) is 111 Å². The van der Waals surface area contributed by atoms with Gasteiger partial charge < -0.3 is 8.83 Å². The second-order valence-corrected chi connectivity index (χ2v) is 21.7. The van der Waals surface area contributed by atoms with Crippen LogP contribution < -0.4 is 0 Å². The Morgan fingerprint density at radius 3 is 1.03 bits per heavy atom. The summed E-state index contributed by atoms with van der Waals surface area (Å²) in [6.07, 6.45) is 3.42. The monoisotopic (exact) mass is 841 g/mol. The van der Waals surface area contributed by atoms with Gasteiger partial charge >= 0.3 is 0 Å². The van der Waals surface area contributed by atoms with Crippen molar-refractivity contribution in [1.29, 1.82) is 5.26 Å². The maximum absolute atomic E-state index is 10.7. The highest BCUT2D eigenvalue weighted by atomic mass is 16.3. The van der Waals surface area contributed by atoms with Crippen LogP contribution in [-0.2, 0) is 21.7 Å². The molecule has 64 heavy (non-hydrogen) atoms. The number of hydrogen-bond donors (Lipinski definition) is 0. The molecule has 0 aliphatic carbocycles. The van der Waals surface area contributed by atoms with E-state index < -0.39 is 0 Å². The maximum atomic E-state index is 10.7. The molecule has 11 rings (SSSR count). The molecule has 6 aromatic heterocycles. The summed E-state index contributed by atoms with van der Waals surface area (Å²) in [7, 11) is 0. The van der Waals surface area contributed by atoms with Gasteiger partial charge in [-0.3, -0.25) is 9.13 Å². The molecule has 318 valence electrons. The lowest BCUT2D eigenvalue weighted by Crippen LogP contribution is -2.10. The fourth-order valence-electron chi connectivity index (χ4n) is 9.35. The van der Waals surface area contributed by atoms with Crippen LogP contribution in [0, 0.1) is 11.3 Å². The van der Waals surface area contributed by atoms with Crippen molar-refractivity contribution in [1.82, 2.24) is 29.1 Å². The number of nitriles is 1. The molecule has 9 heteroatoms. The first-order valence-electron chi connectivity index (χ1n) is 22.1. The van der Waals surface area contributed by atoms with E-state index in [1.54, 1.807) is 12.4 Å². The zero-order valence-electron chi connectivity index (χ0n) is 38.6. The van der Waals surface area contributed by atoms with Gasteiger partial charge in [0.05, 0.1) is 34.5 Å². The first-order valence-corrected chi connectivity index (χ1v) is 22.1. The number of furan rings is 2. The van der Waals surface area contributed by atoms with Crippen LogP contribution in [0.2, 0.25) is 0 Å². The van der Waals surface area contributed by atoms with E-state index in [4.69, 9.17) is 28.8 Å². The Morgan fingerprint density at radius 2 is 0.750 bits per heavy atom. The molecule has 0 N–H and O–H groups in total. The summed E-state index contributed by atoms with van der Waals surface area (Å²) in [6.45, 7) is 26.9. The van der Waals surface area contributed by atoms with Gasteiger partial charge in [-0.05, 0) is 98.5 Å². The first kappa shape index (κ1) is 39.8. The molecule has 0 saturated heterocycles. The molecule has 0 aliphatic rings. The highest BCUT2D eigenvalue weighted by Gasteiger charge is 2.27. The third kappa shape index (κ3) is 5.88. The molecular formula is C55H51N7O2. The molecule has 6 heterocycles. The molecule has 11 aromatic rings. The van der Waals surface area contributed by atoms with E-state index in [2.05, 4.69) is 171 Å². The van der Waals surface area contributed by atoms with E-state index in [0.29, 0.717) is 56.0 Å². The highest BCUT2D eigenvalue weighted by molar-refractivity contribution is 6.17. The minimum Gasteiger partial charge on any atom is -0.451 e. The Bertz CT molecular complexity index is 3450.